The molecule has 1 aromatic carbocycles. The topological polar surface area (TPSA) is 60.2 Å². The molecule has 0 amide bonds. The maximum atomic E-state index is 5.22. The van der Waals surface area contributed by atoms with Crippen LogP contribution in [-0.4, -0.2) is 24.3 Å². The predicted molar refractivity (Wildman–Crippen MR) is 67.6 cm³/mol. The molecule has 18 heavy (non-hydrogen) atoms. The predicted octanol–water partition coefficient (Wildman–Crippen LogP) is 1.95. The van der Waals surface area contributed by atoms with Crippen molar-refractivity contribution in [1.29, 1.82) is 0 Å². The largest absolute Gasteiger partial charge is 0.497 e. The summed E-state index contributed by atoms with van der Waals surface area (Å²) in [6.07, 6.45) is 0.612. The highest BCUT2D eigenvalue weighted by Crippen LogP contribution is 2.16. The van der Waals surface area contributed by atoms with Gasteiger partial charge in [0.25, 0.3) is 0 Å². The lowest BCUT2D eigenvalue weighted by atomic mass is 10.1. The van der Waals surface area contributed by atoms with Crippen molar-refractivity contribution >= 4 is 0 Å². The molecular formula is C13H17N3O2. The first-order chi connectivity index (χ1) is 8.72. The quantitative estimate of drug-likeness (QED) is 0.875. The van der Waals surface area contributed by atoms with Crippen molar-refractivity contribution < 1.29 is 9.26 Å². The van der Waals surface area contributed by atoms with Crippen LogP contribution >= 0.6 is 0 Å². The van der Waals surface area contributed by atoms with Crippen molar-refractivity contribution in [1.82, 2.24) is 15.5 Å². The highest BCUT2D eigenvalue weighted by atomic mass is 16.5. The molecule has 0 spiro atoms. The molecule has 0 aliphatic heterocycles. The van der Waals surface area contributed by atoms with Crippen molar-refractivity contribution in [3.05, 3.63) is 41.5 Å². The molecule has 96 valence electrons. The third-order valence-electron chi connectivity index (χ3n) is 2.79. The van der Waals surface area contributed by atoms with Crippen LogP contribution in [0.1, 0.15) is 30.2 Å². The Hall–Kier alpha value is -1.88. The van der Waals surface area contributed by atoms with Gasteiger partial charge in [-0.05, 0) is 31.7 Å². The number of nitrogens with one attached hydrogen (secondary N) is 1. The number of ether oxygens (including phenoxy) is 1. The number of hydrogen-bond donors (Lipinski definition) is 1. The summed E-state index contributed by atoms with van der Waals surface area (Å²) in [5.41, 5.74) is 1.08. The van der Waals surface area contributed by atoms with Gasteiger partial charge in [0.1, 0.15) is 5.75 Å². The van der Waals surface area contributed by atoms with Gasteiger partial charge in [0.05, 0.1) is 19.6 Å². The number of hydrogen-bond acceptors (Lipinski definition) is 5. The number of methoxy groups -OCH3 is 1. The molecular weight excluding hydrogens is 230 g/mol. The van der Waals surface area contributed by atoms with E-state index in [1.165, 1.54) is 0 Å². The maximum absolute atomic E-state index is 5.22. The van der Waals surface area contributed by atoms with Crippen LogP contribution in [0.4, 0.5) is 0 Å². The van der Waals surface area contributed by atoms with Crippen LogP contribution in [-0.2, 0) is 6.42 Å². The third kappa shape index (κ3) is 2.87. The zero-order valence-corrected chi connectivity index (χ0v) is 10.8. The molecule has 5 nitrogen and oxygen atoms in total. The lowest BCUT2D eigenvalue weighted by molar-refractivity contribution is 0.373. The summed E-state index contributed by atoms with van der Waals surface area (Å²) in [5, 5.41) is 7.02. The summed E-state index contributed by atoms with van der Waals surface area (Å²) in [6.45, 7) is 1.99. The van der Waals surface area contributed by atoms with E-state index in [0.29, 0.717) is 18.1 Å². The molecule has 1 aromatic heterocycles. The molecule has 5 heteroatoms. The first kappa shape index (κ1) is 12.6. The van der Waals surface area contributed by atoms with E-state index in [9.17, 15) is 0 Å². The van der Waals surface area contributed by atoms with Gasteiger partial charge in [0.2, 0.25) is 5.89 Å². The Morgan fingerprint density at radius 3 is 3.00 bits per heavy atom. The zero-order valence-electron chi connectivity index (χ0n) is 10.8. The number of aromatic nitrogens is 2. The van der Waals surface area contributed by atoms with Crippen LogP contribution in [0.15, 0.2) is 28.8 Å². The van der Waals surface area contributed by atoms with E-state index in [-0.39, 0.29) is 6.04 Å². The Morgan fingerprint density at radius 1 is 1.44 bits per heavy atom. The smallest absolute Gasteiger partial charge is 0.231 e. The average molecular weight is 247 g/mol. The van der Waals surface area contributed by atoms with E-state index in [4.69, 9.17) is 9.26 Å². The van der Waals surface area contributed by atoms with Gasteiger partial charge in [-0.15, -0.1) is 0 Å². The molecule has 0 fully saturated rings. The molecule has 0 aliphatic carbocycles. The Kier molecular flexibility index (Phi) is 3.94. The summed E-state index contributed by atoms with van der Waals surface area (Å²) in [5.74, 6) is 2.12. The highest BCUT2D eigenvalue weighted by molar-refractivity contribution is 5.29. The summed E-state index contributed by atoms with van der Waals surface area (Å²) < 4.78 is 10.4. The SMILES string of the molecule is CNC(C)c1noc(Cc2cccc(OC)c2)n1. The molecule has 1 heterocycles. The van der Waals surface area contributed by atoms with E-state index in [0.717, 1.165) is 11.3 Å². The van der Waals surface area contributed by atoms with Crippen LogP contribution in [0, 0.1) is 0 Å². The lowest BCUT2D eigenvalue weighted by Gasteiger charge is -2.02. The van der Waals surface area contributed by atoms with Gasteiger partial charge >= 0.3 is 0 Å². The second kappa shape index (κ2) is 5.64. The van der Waals surface area contributed by atoms with Gasteiger partial charge in [-0.3, -0.25) is 0 Å². The second-order valence-corrected chi connectivity index (χ2v) is 4.08. The maximum Gasteiger partial charge on any atom is 0.231 e. The molecule has 0 radical (unpaired) electrons. The molecule has 1 N–H and O–H groups in total. The van der Waals surface area contributed by atoms with E-state index in [1.807, 2.05) is 38.2 Å². The fourth-order valence-corrected chi connectivity index (χ4v) is 1.60. The molecule has 0 bridgehead atoms. The van der Waals surface area contributed by atoms with Gasteiger partial charge in [0.15, 0.2) is 5.82 Å². The van der Waals surface area contributed by atoms with Crippen LogP contribution in [0.3, 0.4) is 0 Å². The molecule has 0 saturated carbocycles. The van der Waals surface area contributed by atoms with Crippen molar-refractivity contribution in [3.8, 4) is 5.75 Å². The van der Waals surface area contributed by atoms with Crippen molar-refractivity contribution in [2.75, 3.05) is 14.2 Å². The molecule has 0 aliphatic rings. The standard InChI is InChI=1S/C13H17N3O2/c1-9(14-2)13-15-12(18-16-13)8-10-5-4-6-11(7-10)17-3/h4-7,9,14H,8H2,1-3H3. The highest BCUT2D eigenvalue weighted by Gasteiger charge is 2.12. The van der Waals surface area contributed by atoms with Gasteiger partial charge in [-0.1, -0.05) is 17.3 Å². The first-order valence-electron chi connectivity index (χ1n) is 5.85. The minimum Gasteiger partial charge on any atom is -0.497 e. The zero-order chi connectivity index (χ0) is 13.0. The van der Waals surface area contributed by atoms with E-state index < -0.39 is 0 Å². The molecule has 0 saturated heterocycles. The first-order valence-corrected chi connectivity index (χ1v) is 5.85. The average Bonchev–Trinajstić information content (AvgIpc) is 2.86. The lowest BCUT2D eigenvalue weighted by Crippen LogP contribution is -2.13. The third-order valence-corrected chi connectivity index (χ3v) is 2.79. The van der Waals surface area contributed by atoms with Crippen molar-refractivity contribution in [2.45, 2.75) is 19.4 Å². The number of nitrogens with zero attached hydrogens (tertiary/aromatic N) is 2. The van der Waals surface area contributed by atoms with Gasteiger partial charge < -0.3 is 14.6 Å². The Labute approximate surface area is 106 Å². The molecule has 1 atom stereocenters. The van der Waals surface area contributed by atoms with Crippen LogP contribution in [0.5, 0.6) is 5.75 Å². The monoisotopic (exact) mass is 247 g/mol. The van der Waals surface area contributed by atoms with Crippen LogP contribution in [0.2, 0.25) is 0 Å². The Bertz CT molecular complexity index is 510. The Morgan fingerprint density at radius 2 is 2.28 bits per heavy atom. The molecule has 2 rings (SSSR count). The fourth-order valence-electron chi connectivity index (χ4n) is 1.60. The summed E-state index contributed by atoms with van der Waals surface area (Å²) >= 11 is 0. The second-order valence-electron chi connectivity index (χ2n) is 4.08. The van der Waals surface area contributed by atoms with Gasteiger partial charge in [-0.2, -0.15) is 4.98 Å². The molecule has 1 unspecified atom stereocenters. The van der Waals surface area contributed by atoms with E-state index in [2.05, 4.69) is 15.5 Å². The minimum absolute atomic E-state index is 0.0906. The van der Waals surface area contributed by atoms with Crippen LogP contribution in [0.25, 0.3) is 0 Å². The number of benzene rings is 1. The van der Waals surface area contributed by atoms with Crippen LogP contribution < -0.4 is 10.1 Å². The van der Waals surface area contributed by atoms with Crippen molar-refractivity contribution in [3.63, 3.8) is 0 Å². The minimum atomic E-state index is 0.0906. The van der Waals surface area contributed by atoms with E-state index in [1.54, 1.807) is 7.11 Å². The molecule has 2 aromatic rings. The summed E-state index contributed by atoms with van der Waals surface area (Å²) in [4.78, 5) is 4.35. The Balaban J connectivity index is 2.11. The summed E-state index contributed by atoms with van der Waals surface area (Å²) in [7, 11) is 3.52. The van der Waals surface area contributed by atoms with E-state index >= 15 is 0 Å². The van der Waals surface area contributed by atoms with Crippen molar-refractivity contribution in [2.24, 2.45) is 0 Å². The number of rotatable bonds is 5. The normalized spacial score (nSPS) is 12.4. The fraction of sp³-hybridized carbons (Fsp3) is 0.385. The van der Waals surface area contributed by atoms with Gasteiger partial charge in [0, 0.05) is 0 Å². The summed E-state index contributed by atoms with van der Waals surface area (Å²) in [6, 6.07) is 7.92. The van der Waals surface area contributed by atoms with Gasteiger partial charge in [-0.25, -0.2) is 0 Å².